The second-order valence-corrected chi connectivity index (χ2v) is 4.08. The van der Waals surface area contributed by atoms with Gasteiger partial charge in [0, 0.05) is 11.1 Å². The number of amides is 1. The van der Waals surface area contributed by atoms with Gasteiger partial charge in [-0.3, -0.25) is 5.32 Å². The van der Waals surface area contributed by atoms with Crippen molar-refractivity contribution in [3.8, 4) is 0 Å². The Bertz CT molecular complexity index is 246. The highest BCUT2D eigenvalue weighted by atomic mass is 16.4. The summed E-state index contributed by atoms with van der Waals surface area (Å²) in [6.45, 7) is 11.4. The predicted molar refractivity (Wildman–Crippen MR) is 53.5 cm³/mol. The zero-order valence-corrected chi connectivity index (χ0v) is 8.64. The average molecular weight is 183 g/mol. The van der Waals surface area contributed by atoms with Crippen LogP contribution >= 0.6 is 0 Å². The van der Waals surface area contributed by atoms with Gasteiger partial charge in [0.1, 0.15) is 0 Å². The van der Waals surface area contributed by atoms with Gasteiger partial charge in [0.25, 0.3) is 0 Å². The quantitative estimate of drug-likeness (QED) is 0.647. The summed E-state index contributed by atoms with van der Waals surface area (Å²) in [5.74, 6) is 0. The number of nitrogens with one attached hydrogen (secondary N) is 1. The Hall–Kier alpha value is -1.25. The first-order valence-corrected chi connectivity index (χ1v) is 4.11. The van der Waals surface area contributed by atoms with E-state index in [9.17, 15) is 4.79 Å². The molecule has 0 aromatic rings. The molecule has 0 spiro atoms. The molecule has 0 saturated heterocycles. The molecule has 0 unspecified atom stereocenters. The van der Waals surface area contributed by atoms with Crippen molar-refractivity contribution in [2.24, 2.45) is 5.41 Å². The molecular weight excluding hydrogens is 166 g/mol. The van der Waals surface area contributed by atoms with Crippen LogP contribution < -0.4 is 5.32 Å². The second-order valence-electron chi connectivity index (χ2n) is 4.08. The monoisotopic (exact) mass is 183 g/mol. The van der Waals surface area contributed by atoms with Crippen LogP contribution in [0.15, 0.2) is 23.9 Å². The van der Waals surface area contributed by atoms with Crippen LogP contribution in [-0.4, -0.2) is 11.2 Å². The van der Waals surface area contributed by atoms with Crippen molar-refractivity contribution >= 4 is 6.09 Å². The molecule has 3 nitrogen and oxygen atoms in total. The lowest BCUT2D eigenvalue weighted by Crippen LogP contribution is -2.28. The fourth-order valence-corrected chi connectivity index (χ4v) is 0.802. The molecule has 13 heavy (non-hydrogen) atoms. The molecule has 0 radical (unpaired) electrons. The Balaban J connectivity index is 4.77. The standard InChI is InChI=1S/C10H17NO2/c1-7(2)6-8(10(3,4)5)11-9(12)13/h6,11H,1H2,2-5H3,(H,12,13). The maximum atomic E-state index is 10.5. The first-order valence-electron chi connectivity index (χ1n) is 4.11. The van der Waals surface area contributed by atoms with E-state index in [0.29, 0.717) is 5.70 Å². The summed E-state index contributed by atoms with van der Waals surface area (Å²) in [6, 6.07) is 0. The van der Waals surface area contributed by atoms with Crippen molar-refractivity contribution in [2.75, 3.05) is 0 Å². The maximum Gasteiger partial charge on any atom is 0.408 e. The fraction of sp³-hybridized carbons (Fsp3) is 0.500. The van der Waals surface area contributed by atoms with Crippen molar-refractivity contribution in [3.63, 3.8) is 0 Å². The van der Waals surface area contributed by atoms with Gasteiger partial charge < -0.3 is 5.11 Å². The van der Waals surface area contributed by atoms with E-state index < -0.39 is 6.09 Å². The van der Waals surface area contributed by atoms with Crippen LogP contribution in [0.4, 0.5) is 4.79 Å². The van der Waals surface area contributed by atoms with Crippen LogP contribution in [0.3, 0.4) is 0 Å². The van der Waals surface area contributed by atoms with E-state index in [1.165, 1.54) is 0 Å². The van der Waals surface area contributed by atoms with Crippen molar-refractivity contribution in [3.05, 3.63) is 23.9 Å². The van der Waals surface area contributed by atoms with Gasteiger partial charge >= 0.3 is 6.09 Å². The van der Waals surface area contributed by atoms with Crippen LogP contribution in [0.25, 0.3) is 0 Å². The molecule has 0 aliphatic rings. The number of carboxylic acid groups (broad SMARTS) is 1. The van der Waals surface area contributed by atoms with Gasteiger partial charge in [-0.15, -0.1) is 0 Å². The van der Waals surface area contributed by atoms with Crippen LogP contribution in [0.1, 0.15) is 27.7 Å². The number of hydrogen-bond donors (Lipinski definition) is 2. The molecule has 0 aliphatic heterocycles. The minimum atomic E-state index is -1.04. The van der Waals surface area contributed by atoms with Gasteiger partial charge in [-0.2, -0.15) is 0 Å². The van der Waals surface area contributed by atoms with E-state index in [4.69, 9.17) is 5.11 Å². The highest BCUT2D eigenvalue weighted by Crippen LogP contribution is 2.23. The molecule has 0 aromatic heterocycles. The smallest absolute Gasteiger partial charge is 0.408 e. The topological polar surface area (TPSA) is 49.3 Å². The number of hydrogen-bond acceptors (Lipinski definition) is 1. The van der Waals surface area contributed by atoms with Crippen LogP contribution in [0.2, 0.25) is 0 Å². The molecule has 0 fully saturated rings. The molecule has 2 N–H and O–H groups in total. The third kappa shape index (κ3) is 5.06. The summed E-state index contributed by atoms with van der Waals surface area (Å²) in [4.78, 5) is 10.5. The third-order valence-electron chi connectivity index (χ3n) is 1.44. The summed E-state index contributed by atoms with van der Waals surface area (Å²) in [5.41, 5.74) is 1.28. The van der Waals surface area contributed by atoms with Gasteiger partial charge in [0.05, 0.1) is 0 Å². The highest BCUT2D eigenvalue weighted by Gasteiger charge is 2.18. The maximum absolute atomic E-state index is 10.5. The van der Waals surface area contributed by atoms with E-state index in [1.54, 1.807) is 6.08 Å². The molecule has 0 aromatic carbocycles. The highest BCUT2D eigenvalue weighted by molar-refractivity contribution is 5.67. The van der Waals surface area contributed by atoms with Crippen LogP contribution in [-0.2, 0) is 0 Å². The zero-order valence-electron chi connectivity index (χ0n) is 8.64. The molecule has 3 heteroatoms. The van der Waals surface area contributed by atoms with Gasteiger partial charge in [-0.1, -0.05) is 32.9 Å². The normalized spacial score (nSPS) is 12.5. The Morgan fingerprint density at radius 2 is 1.92 bits per heavy atom. The zero-order chi connectivity index (χ0) is 10.6. The lowest BCUT2D eigenvalue weighted by molar-refractivity contribution is 0.195. The Morgan fingerprint density at radius 3 is 2.15 bits per heavy atom. The first-order chi connectivity index (χ1) is 5.73. The van der Waals surface area contributed by atoms with E-state index in [-0.39, 0.29) is 5.41 Å². The predicted octanol–water partition coefficient (Wildman–Crippen LogP) is 2.76. The summed E-state index contributed by atoms with van der Waals surface area (Å²) < 4.78 is 0. The second kappa shape index (κ2) is 4.12. The summed E-state index contributed by atoms with van der Waals surface area (Å²) in [7, 11) is 0. The van der Waals surface area contributed by atoms with Gasteiger partial charge in [0.2, 0.25) is 0 Å². The molecule has 0 rings (SSSR count). The van der Waals surface area contributed by atoms with Gasteiger partial charge in [-0.25, -0.2) is 4.79 Å². The summed E-state index contributed by atoms with van der Waals surface area (Å²) in [5, 5.41) is 10.9. The third-order valence-corrected chi connectivity index (χ3v) is 1.44. The lowest BCUT2D eigenvalue weighted by Gasteiger charge is -2.22. The largest absolute Gasteiger partial charge is 0.465 e. The minimum Gasteiger partial charge on any atom is -0.465 e. The van der Waals surface area contributed by atoms with Crippen LogP contribution in [0.5, 0.6) is 0 Å². The number of allylic oxidation sites excluding steroid dienone is 3. The molecule has 0 aliphatic carbocycles. The Labute approximate surface area is 79.2 Å². The molecule has 0 saturated carbocycles. The summed E-state index contributed by atoms with van der Waals surface area (Å²) >= 11 is 0. The average Bonchev–Trinajstić information content (AvgIpc) is 1.81. The van der Waals surface area contributed by atoms with E-state index >= 15 is 0 Å². The van der Waals surface area contributed by atoms with Crippen molar-refractivity contribution in [2.45, 2.75) is 27.7 Å². The molecule has 0 atom stereocenters. The molecule has 1 amide bonds. The SMILES string of the molecule is C=C(C)C=C(NC(=O)O)C(C)(C)C. The number of carbonyl (C=O) groups is 1. The van der Waals surface area contributed by atoms with Crippen molar-refractivity contribution < 1.29 is 9.90 Å². The van der Waals surface area contributed by atoms with E-state index in [1.807, 2.05) is 27.7 Å². The number of rotatable bonds is 2. The van der Waals surface area contributed by atoms with E-state index in [0.717, 1.165) is 5.57 Å². The summed E-state index contributed by atoms with van der Waals surface area (Å²) in [6.07, 6.45) is 0.705. The van der Waals surface area contributed by atoms with Crippen molar-refractivity contribution in [1.82, 2.24) is 5.32 Å². The Morgan fingerprint density at radius 1 is 1.46 bits per heavy atom. The fourth-order valence-electron chi connectivity index (χ4n) is 0.802. The first kappa shape index (κ1) is 11.8. The van der Waals surface area contributed by atoms with Gasteiger partial charge in [0.15, 0.2) is 0 Å². The molecule has 0 bridgehead atoms. The van der Waals surface area contributed by atoms with Crippen molar-refractivity contribution in [1.29, 1.82) is 0 Å². The van der Waals surface area contributed by atoms with Crippen LogP contribution in [0, 0.1) is 5.41 Å². The molecule has 0 heterocycles. The van der Waals surface area contributed by atoms with Gasteiger partial charge in [-0.05, 0) is 13.0 Å². The minimum absolute atomic E-state index is 0.211. The molecule has 74 valence electrons. The lowest BCUT2D eigenvalue weighted by atomic mass is 9.91. The molecular formula is C10H17NO2. The van der Waals surface area contributed by atoms with E-state index in [2.05, 4.69) is 11.9 Å². The Kier molecular flexibility index (Phi) is 3.72.